The Kier molecular flexibility index (Phi) is 4.25. The van der Waals surface area contributed by atoms with Crippen molar-refractivity contribution in [2.45, 2.75) is 26.3 Å². The molecule has 0 spiro atoms. The summed E-state index contributed by atoms with van der Waals surface area (Å²) >= 11 is 0. The lowest BCUT2D eigenvalue weighted by molar-refractivity contribution is -0.120. The van der Waals surface area contributed by atoms with Crippen LogP contribution in [0.1, 0.15) is 20.8 Å². The van der Waals surface area contributed by atoms with Crippen LogP contribution in [0.5, 0.6) is 0 Å². The second-order valence-electron chi connectivity index (χ2n) is 4.69. The van der Waals surface area contributed by atoms with Crippen LogP contribution in [0.3, 0.4) is 0 Å². The molecule has 0 unspecified atom stereocenters. The second-order valence-corrected chi connectivity index (χ2v) is 4.69. The third kappa shape index (κ3) is 5.14. The van der Waals surface area contributed by atoms with Crippen LogP contribution >= 0.6 is 0 Å². The Hall–Kier alpha value is -1.85. The number of carbonyl (C=O) groups is 1. The Balaban J connectivity index is 2.47. The first-order valence-electron chi connectivity index (χ1n) is 5.45. The molecule has 6 nitrogen and oxygen atoms in total. The van der Waals surface area contributed by atoms with Gasteiger partial charge in [-0.15, -0.1) is 0 Å². The van der Waals surface area contributed by atoms with E-state index in [0.717, 1.165) is 0 Å². The quantitative estimate of drug-likeness (QED) is 0.723. The number of amides is 1. The number of rotatable bonds is 4. The normalized spacial score (nSPS) is 10.8. The topological polar surface area (TPSA) is 78.9 Å². The predicted molar refractivity (Wildman–Crippen MR) is 68.0 cm³/mol. The summed E-state index contributed by atoms with van der Waals surface area (Å²) < 4.78 is 0. The van der Waals surface area contributed by atoms with Gasteiger partial charge in [0.1, 0.15) is 18.0 Å². The maximum Gasteiger partial charge on any atom is 0.239 e. The summed E-state index contributed by atoms with van der Waals surface area (Å²) in [6, 6.07) is 1.74. The van der Waals surface area contributed by atoms with E-state index in [1.807, 2.05) is 20.8 Å². The number of nitrogens with zero attached hydrogens (tertiary/aromatic N) is 2. The zero-order valence-corrected chi connectivity index (χ0v) is 10.7. The van der Waals surface area contributed by atoms with E-state index in [9.17, 15) is 4.79 Å². The molecule has 94 valence electrons. The Morgan fingerprint density at radius 3 is 2.53 bits per heavy atom. The molecule has 1 aromatic rings. The summed E-state index contributed by atoms with van der Waals surface area (Å²) in [4.78, 5) is 19.5. The first-order valence-corrected chi connectivity index (χ1v) is 5.45. The first kappa shape index (κ1) is 13.2. The number of carbonyl (C=O) groups excluding carboxylic acids is 1. The average molecular weight is 237 g/mol. The third-order valence-electron chi connectivity index (χ3n) is 1.87. The molecule has 0 aliphatic carbocycles. The molecule has 0 saturated carbocycles. The molecule has 17 heavy (non-hydrogen) atoms. The average Bonchev–Trinajstić information content (AvgIpc) is 2.24. The minimum atomic E-state index is -0.222. The zero-order chi connectivity index (χ0) is 12.9. The molecule has 1 heterocycles. The molecule has 0 fully saturated rings. The highest BCUT2D eigenvalue weighted by Crippen LogP contribution is 2.07. The second kappa shape index (κ2) is 5.47. The summed E-state index contributed by atoms with van der Waals surface area (Å²) in [6.45, 7) is 6.01. The molecule has 1 aromatic heterocycles. The lowest BCUT2D eigenvalue weighted by Crippen LogP contribution is -2.43. The van der Waals surface area contributed by atoms with Gasteiger partial charge in [-0.3, -0.25) is 4.79 Å². The van der Waals surface area contributed by atoms with E-state index in [2.05, 4.69) is 25.9 Å². The van der Waals surface area contributed by atoms with Crippen molar-refractivity contribution in [1.82, 2.24) is 15.3 Å². The van der Waals surface area contributed by atoms with Gasteiger partial charge in [0.25, 0.3) is 0 Å². The van der Waals surface area contributed by atoms with Crippen molar-refractivity contribution < 1.29 is 4.79 Å². The van der Waals surface area contributed by atoms with E-state index in [4.69, 9.17) is 0 Å². The van der Waals surface area contributed by atoms with Gasteiger partial charge in [0.05, 0.1) is 6.54 Å². The van der Waals surface area contributed by atoms with Crippen LogP contribution in [0.25, 0.3) is 0 Å². The van der Waals surface area contributed by atoms with Crippen LogP contribution in [0.4, 0.5) is 11.6 Å². The number of hydrogen-bond donors (Lipinski definition) is 3. The van der Waals surface area contributed by atoms with E-state index in [0.29, 0.717) is 11.6 Å². The molecule has 6 heteroatoms. The van der Waals surface area contributed by atoms with Gasteiger partial charge in [0.15, 0.2) is 0 Å². The molecule has 1 amide bonds. The van der Waals surface area contributed by atoms with Crippen molar-refractivity contribution in [3.05, 3.63) is 12.4 Å². The van der Waals surface area contributed by atoms with Gasteiger partial charge >= 0.3 is 0 Å². The molecule has 0 aromatic carbocycles. The lowest BCUT2D eigenvalue weighted by Gasteiger charge is -2.20. The van der Waals surface area contributed by atoms with Gasteiger partial charge in [-0.1, -0.05) is 0 Å². The maximum absolute atomic E-state index is 11.6. The van der Waals surface area contributed by atoms with Gasteiger partial charge in [-0.25, -0.2) is 9.97 Å². The van der Waals surface area contributed by atoms with Gasteiger partial charge in [0.2, 0.25) is 5.91 Å². The summed E-state index contributed by atoms with van der Waals surface area (Å²) in [7, 11) is 1.78. The smallest absolute Gasteiger partial charge is 0.239 e. The Morgan fingerprint density at radius 1 is 1.29 bits per heavy atom. The molecule has 0 saturated heterocycles. The molecule has 0 radical (unpaired) electrons. The highest BCUT2D eigenvalue weighted by atomic mass is 16.2. The molecule has 0 aliphatic heterocycles. The highest BCUT2D eigenvalue weighted by Gasteiger charge is 2.13. The predicted octanol–water partition coefficient (Wildman–Crippen LogP) is 0.845. The monoisotopic (exact) mass is 237 g/mol. The molecule has 0 bridgehead atoms. The molecule has 1 rings (SSSR count). The molecule has 3 N–H and O–H groups in total. The van der Waals surface area contributed by atoms with E-state index in [-0.39, 0.29) is 18.0 Å². The van der Waals surface area contributed by atoms with Crippen LogP contribution in [-0.4, -0.2) is 35.0 Å². The van der Waals surface area contributed by atoms with Gasteiger partial charge in [-0.2, -0.15) is 0 Å². The van der Waals surface area contributed by atoms with Crippen molar-refractivity contribution in [2.75, 3.05) is 24.2 Å². The minimum absolute atomic E-state index is 0.0675. The third-order valence-corrected chi connectivity index (χ3v) is 1.87. The highest BCUT2D eigenvalue weighted by molar-refractivity contribution is 5.81. The fourth-order valence-corrected chi connectivity index (χ4v) is 1.22. The van der Waals surface area contributed by atoms with Gasteiger partial charge < -0.3 is 16.0 Å². The summed E-state index contributed by atoms with van der Waals surface area (Å²) in [6.07, 6.45) is 1.44. The summed E-state index contributed by atoms with van der Waals surface area (Å²) in [5.41, 5.74) is -0.222. The van der Waals surface area contributed by atoms with Gasteiger partial charge in [0, 0.05) is 18.7 Å². The summed E-state index contributed by atoms with van der Waals surface area (Å²) in [5, 5.41) is 8.70. The zero-order valence-electron chi connectivity index (χ0n) is 10.7. The van der Waals surface area contributed by atoms with E-state index in [1.54, 1.807) is 13.1 Å². The molecule has 0 aliphatic rings. The fraction of sp³-hybridized carbons (Fsp3) is 0.545. The molecular formula is C11H19N5O. The van der Waals surface area contributed by atoms with Crippen molar-refractivity contribution in [3.8, 4) is 0 Å². The van der Waals surface area contributed by atoms with Crippen LogP contribution in [0.2, 0.25) is 0 Å². The SMILES string of the molecule is CNc1cc(NCC(=O)NC(C)(C)C)ncn1. The van der Waals surface area contributed by atoms with Crippen molar-refractivity contribution >= 4 is 17.5 Å². The first-order chi connectivity index (χ1) is 7.90. The van der Waals surface area contributed by atoms with Crippen LogP contribution < -0.4 is 16.0 Å². The fourth-order valence-electron chi connectivity index (χ4n) is 1.22. The maximum atomic E-state index is 11.6. The van der Waals surface area contributed by atoms with E-state index < -0.39 is 0 Å². The number of nitrogens with one attached hydrogen (secondary N) is 3. The number of anilines is 2. The summed E-state index contributed by atoms with van der Waals surface area (Å²) in [5.74, 6) is 1.26. The van der Waals surface area contributed by atoms with Crippen LogP contribution in [0, 0.1) is 0 Å². The van der Waals surface area contributed by atoms with Crippen molar-refractivity contribution in [1.29, 1.82) is 0 Å². The lowest BCUT2D eigenvalue weighted by atomic mass is 10.1. The standard InChI is InChI=1S/C11H19N5O/c1-11(2,3)16-10(17)6-13-9-5-8(12-4)14-7-15-9/h5,7H,6H2,1-4H3,(H,16,17)(H2,12,13,14,15). The van der Waals surface area contributed by atoms with Gasteiger partial charge in [-0.05, 0) is 20.8 Å². The minimum Gasteiger partial charge on any atom is -0.373 e. The Morgan fingerprint density at radius 2 is 1.94 bits per heavy atom. The number of aromatic nitrogens is 2. The molecule has 0 atom stereocenters. The molecular weight excluding hydrogens is 218 g/mol. The van der Waals surface area contributed by atoms with Crippen molar-refractivity contribution in [2.24, 2.45) is 0 Å². The van der Waals surface area contributed by atoms with E-state index in [1.165, 1.54) is 6.33 Å². The van der Waals surface area contributed by atoms with Crippen molar-refractivity contribution in [3.63, 3.8) is 0 Å². The Bertz CT molecular complexity index is 386. The largest absolute Gasteiger partial charge is 0.373 e. The number of hydrogen-bond acceptors (Lipinski definition) is 5. The van der Waals surface area contributed by atoms with Crippen LogP contribution in [0.15, 0.2) is 12.4 Å². The van der Waals surface area contributed by atoms with E-state index >= 15 is 0 Å². The van der Waals surface area contributed by atoms with Crippen LogP contribution in [-0.2, 0) is 4.79 Å². The Labute approximate surface area is 101 Å².